The third-order valence-electron chi connectivity index (χ3n) is 3.85. The molecule has 1 fully saturated rings. The number of benzene rings is 1. The van der Waals surface area contributed by atoms with Crippen molar-refractivity contribution in [1.29, 1.82) is 0 Å². The lowest BCUT2D eigenvalue weighted by molar-refractivity contribution is -0.0571. The zero-order valence-electron chi connectivity index (χ0n) is 11.5. The number of ether oxygens (including phenoxy) is 1. The molecule has 5 nitrogen and oxygen atoms in total. The van der Waals surface area contributed by atoms with Crippen molar-refractivity contribution in [2.24, 2.45) is 5.16 Å². The van der Waals surface area contributed by atoms with E-state index in [9.17, 15) is 4.79 Å². The fourth-order valence-electron chi connectivity index (χ4n) is 2.72. The number of para-hydroxylation sites is 1. The van der Waals surface area contributed by atoms with Crippen molar-refractivity contribution in [3.8, 4) is 5.75 Å². The van der Waals surface area contributed by atoms with Crippen LogP contribution in [0.15, 0.2) is 35.5 Å². The summed E-state index contributed by atoms with van der Waals surface area (Å²) in [6, 6.07) is 9.14. The van der Waals surface area contributed by atoms with Gasteiger partial charge in [-0.05, 0) is 19.1 Å². The maximum absolute atomic E-state index is 12.1. The van der Waals surface area contributed by atoms with E-state index in [0.29, 0.717) is 18.8 Å². The highest BCUT2D eigenvalue weighted by atomic mass is 16.7. The Balaban J connectivity index is 1.55. The first kappa shape index (κ1) is 13.0. The van der Waals surface area contributed by atoms with Gasteiger partial charge >= 0.3 is 6.09 Å². The van der Waals surface area contributed by atoms with E-state index in [1.165, 1.54) is 0 Å². The summed E-state index contributed by atoms with van der Waals surface area (Å²) >= 11 is 0. The molecule has 1 saturated heterocycles. The summed E-state index contributed by atoms with van der Waals surface area (Å²) in [6.45, 7) is 3.27. The van der Waals surface area contributed by atoms with E-state index in [0.717, 1.165) is 25.0 Å². The Morgan fingerprint density at radius 1 is 1.30 bits per heavy atom. The second-order valence-electron chi connectivity index (χ2n) is 5.45. The van der Waals surface area contributed by atoms with Gasteiger partial charge in [0.05, 0.1) is 5.71 Å². The number of rotatable bonds is 1. The quantitative estimate of drug-likeness (QED) is 0.791. The molecule has 3 rings (SSSR count). The highest BCUT2D eigenvalue weighted by Gasteiger charge is 2.42. The number of likely N-dealkylation sites (tertiary alicyclic amines) is 1. The van der Waals surface area contributed by atoms with E-state index in [2.05, 4.69) is 5.16 Å². The molecule has 0 bridgehead atoms. The van der Waals surface area contributed by atoms with Gasteiger partial charge < -0.3 is 14.5 Å². The fraction of sp³-hybridized carbons (Fsp3) is 0.467. The maximum atomic E-state index is 12.1. The van der Waals surface area contributed by atoms with Crippen LogP contribution in [0.4, 0.5) is 4.79 Å². The highest BCUT2D eigenvalue weighted by Crippen LogP contribution is 2.34. The number of carbonyl (C=O) groups is 1. The predicted octanol–water partition coefficient (Wildman–Crippen LogP) is 2.82. The summed E-state index contributed by atoms with van der Waals surface area (Å²) in [4.78, 5) is 19.3. The molecule has 0 saturated carbocycles. The molecular weight excluding hydrogens is 256 g/mol. The number of nitrogens with zero attached hydrogens (tertiary/aromatic N) is 2. The topological polar surface area (TPSA) is 51.1 Å². The Kier molecular flexibility index (Phi) is 3.34. The minimum absolute atomic E-state index is 0.187. The van der Waals surface area contributed by atoms with E-state index < -0.39 is 0 Å². The lowest BCUT2D eigenvalue weighted by Crippen LogP contribution is -2.47. The van der Waals surface area contributed by atoms with Crippen LogP contribution in [0.25, 0.3) is 0 Å². The van der Waals surface area contributed by atoms with Gasteiger partial charge in [-0.25, -0.2) is 4.79 Å². The largest absolute Gasteiger partial charge is 0.415 e. The molecule has 1 aromatic carbocycles. The van der Waals surface area contributed by atoms with E-state index in [-0.39, 0.29) is 11.7 Å². The van der Waals surface area contributed by atoms with Crippen molar-refractivity contribution in [1.82, 2.24) is 4.90 Å². The lowest BCUT2D eigenvalue weighted by Gasteiger charge is -2.36. The number of piperidine rings is 1. The normalized spacial score (nSPS) is 20.4. The molecule has 20 heavy (non-hydrogen) atoms. The minimum Gasteiger partial charge on any atom is -0.410 e. The predicted molar refractivity (Wildman–Crippen MR) is 74.8 cm³/mol. The van der Waals surface area contributed by atoms with Gasteiger partial charge in [-0.2, -0.15) is 0 Å². The molecule has 0 atom stereocenters. The van der Waals surface area contributed by atoms with Crippen LogP contribution in [0.1, 0.15) is 26.2 Å². The molecular formula is C15H18N2O3. The average Bonchev–Trinajstić information content (AvgIpc) is 2.81. The van der Waals surface area contributed by atoms with Crippen molar-refractivity contribution in [2.45, 2.75) is 31.8 Å². The van der Waals surface area contributed by atoms with Gasteiger partial charge in [0.15, 0.2) is 0 Å². The van der Waals surface area contributed by atoms with Crippen molar-refractivity contribution in [3.05, 3.63) is 30.3 Å². The van der Waals surface area contributed by atoms with Gasteiger partial charge in [-0.15, -0.1) is 0 Å². The molecule has 106 valence electrons. The molecule has 0 aromatic heterocycles. The Hall–Kier alpha value is -2.04. The Bertz CT molecular complexity index is 519. The Morgan fingerprint density at radius 2 is 2.00 bits per heavy atom. The standard InChI is InChI=1S/C15H18N2O3/c1-12-11-15(20-16-12)7-9-17(10-8-15)14(18)19-13-5-3-2-4-6-13/h2-6H,7-11H2,1H3. The molecule has 0 radical (unpaired) electrons. The number of oxime groups is 1. The van der Waals surface area contributed by atoms with Gasteiger partial charge in [0.1, 0.15) is 11.4 Å². The molecule has 2 heterocycles. The second-order valence-corrected chi connectivity index (χ2v) is 5.45. The molecule has 1 amide bonds. The van der Waals surface area contributed by atoms with Crippen LogP contribution in [0.3, 0.4) is 0 Å². The third kappa shape index (κ3) is 2.61. The van der Waals surface area contributed by atoms with Crippen molar-refractivity contribution in [3.63, 3.8) is 0 Å². The highest BCUT2D eigenvalue weighted by molar-refractivity contribution is 5.83. The van der Waals surface area contributed by atoms with Crippen molar-refractivity contribution >= 4 is 11.8 Å². The second kappa shape index (κ2) is 5.15. The Labute approximate surface area is 118 Å². The fourth-order valence-corrected chi connectivity index (χ4v) is 2.72. The molecule has 5 heteroatoms. The van der Waals surface area contributed by atoms with Crippen LogP contribution in [0, 0.1) is 0 Å². The van der Waals surface area contributed by atoms with Crippen LogP contribution in [0.5, 0.6) is 5.75 Å². The van der Waals surface area contributed by atoms with Gasteiger partial charge in [-0.3, -0.25) is 0 Å². The SMILES string of the molecule is CC1=NOC2(CCN(C(=O)Oc3ccccc3)CC2)C1. The third-order valence-corrected chi connectivity index (χ3v) is 3.85. The molecule has 2 aliphatic rings. The summed E-state index contributed by atoms with van der Waals surface area (Å²) in [5.74, 6) is 0.578. The zero-order chi connectivity index (χ0) is 14.0. The van der Waals surface area contributed by atoms with Crippen LogP contribution < -0.4 is 4.74 Å². The molecule has 0 unspecified atom stereocenters. The van der Waals surface area contributed by atoms with Crippen molar-refractivity contribution in [2.75, 3.05) is 13.1 Å². The number of hydrogen-bond acceptors (Lipinski definition) is 4. The molecule has 0 N–H and O–H groups in total. The summed E-state index contributed by atoms with van der Waals surface area (Å²) in [5, 5.41) is 4.03. The van der Waals surface area contributed by atoms with E-state index in [1.54, 1.807) is 17.0 Å². The Morgan fingerprint density at radius 3 is 2.60 bits per heavy atom. The monoisotopic (exact) mass is 274 g/mol. The van der Waals surface area contributed by atoms with Crippen LogP contribution in [-0.2, 0) is 4.84 Å². The zero-order valence-corrected chi connectivity index (χ0v) is 11.5. The number of amides is 1. The maximum Gasteiger partial charge on any atom is 0.415 e. The van der Waals surface area contributed by atoms with Gasteiger partial charge in [0.25, 0.3) is 0 Å². The summed E-state index contributed by atoms with van der Waals surface area (Å²) in [7, 11) is 0. The van der Waals surface area contributed by atoms with Crippen LogP contribution in [0.2, 0.25) is 0 Å². The van der Waals surface area contributed by atoms with E-state index >= 15 is 0 Å². The number of carbonyl (C=O) groups excluding carboxylic acids is 1. The molecule has 0 aliphatic carbocycles. The van der Waals surface area contributed by atoms with Gasteiger partial charge in [0, 0.05) is 32.4 Å². The minimum atomic E-state index is -0.290. The average molecular weight is 274 g/mol. The lowest BCUT2D eigenvalue weighted by atomic mass is 9.87. The van der Waals surface area contributed by atoms with Crippen LogP contribution in [-0.4, -0.2) is 35.4 Å². The summed E-state index contributed by atoms with van der Waals surface area (Å²) in [6.07, 6.45) is 2.19. The smallest absolute Gasteiger partial charge is 0.410 e. The first-order chi connectivity index (χ1) is 9.67. The van der Waals surface area contributed by atoms with Crippen LogP contribution >= 0.6 is 0 Å². The van der Waals surface area contributed by atoms with Gasteiger partial charge in [-0.1, -0.05) is 23.4 Å². The number of hydrogen-bond donors (Lipinski definition) is 0. The van der Waals surface area contributed by atoms with Crippen molar-refractivity contribution < 1.29 is 14.4 Å². The first-order valence-corrected chi connectivity index (χ1v) is 6.90. The first-order valence-electron chi connectivity index (χ1n) is 6.90. The molecule has 2 aliphatic heterocycles. The molecule has 1 spiro atoms. The summed E-state index contributed by atoms with van der Waals surface area (Å²) < 4.78 is 5.34. The van der Waals surface area contributed by atoms with E-state index in [4.69, 9.17) is 9.57 Å². The van der Waals surface area contributed by atoms with E-state index in [1.807, 2.05) is 25.1 Å². The summed E-state index contributed by atoms with van der Waals surface area (Å²) in [5.41, 5.74) is 0.846. The molecule has 1 aromatic rings. The van der Waals surface area contributed by atoms with Gasteiger partial charge in [0.2, 0.25) is 0 Å².